The van der Waals surface area contributed by atoms with Gasteiger partial charge in [0.2, 0.25) is 0 Å². The predicted octanol–water partition coefficient (Wildman–Crippen LogP) is 7.58. The number of urea groups is 1. The molecule has 0 radical (unpaired) electrons. The molecule has 2 amide bonds. The summed E-state index contributed by atoms with van der Waals surface area (Å²) in [7, 11) is 0. The predicted molar refractivity (Wildman–Crippen MR) is 181 cm³/mol. The average molecular weight is 632 g/mol. The third kappa shape index (κ3) is 8.41. The minimum absolute atomic E-state index is 0.00781. The van der Waals surface area contributed by atoms with Gasteiger partial charge in [0, 0.05) is 37.0 Å². The Kier molecular flexibility index (Phi) is 10.7. The first kappa shape index (κ1) is 31.5. The summed E-state index contributed by atoms with van der Waals surface area (Å²) in [5.41, 5.74) is 7.03. The van der Waals surface area contributed by atoms with Crippen LogP contribution in [0.4, 0.5) is 4.79 Å². The summed E-state index contributed by atoms with van der Waals surface area (Å²) < 4.78 is 13.1. The molecule has 1 aliphatic heterocycles. The zero-order valence-corrected chi connectivity index (χ0v) is 26.2. The highest BCUT2D eigenvalue weighted by Crippen LogP contribution is 2.40. The van der Waals surface area contributed by atoms with Crippen molar-refractivity contribution in [2.45, 2.75) is 49.6 Å². The van der Waals surface area contributed by atoms with E-state index < -0.39 is 6.29 Å². The van der Waals surface area contributed by atoms with Gasteiger partial charge >= 0.3 is 6.03 Å². The smallest absolute Gasteiger partial charge is 0.315 e. The van der Waals surface area contributed by atoms with Gasteiger partial charge in [0.25, 0.3) is 0 Å². The van der Waals surface area contributed by atoms with E-state index in [1.165, 1.54) is 0 Å². The van der Waals surface area contributed by atoms with Gasteiger partial charge in [-0.15, -0.1) is 11.8 Å². The lowest BCUT2D eigenvalue weighted by Gasteiger charge is -2.36. The van der Waals surface area contributed by atoms with Gasteiger partial charge in [-0.2, -0.15) is 0 Å². The number of carbonyl (C=O) groups excluding carboxylic acids is 1. The standard InChI is InChI=1S/C38H37N3O4S/c42-25-28-13-15-30(16-14-28)35-22-33(26-46-36-12-6-7-21-39-36)44-37(45-35)31-19-17-29(18-20-31)34-11-5-4-10-32(34)24-41-38(43)40-23-27-8-2-1-3-9-27/h1-21,33,35,37,42H,22-26H2,(H2,40,41,43)/t33-,35+,37+/m0/s1. The first-order chi connectivity index (χ1) is 22.6. The van der Waals surface area contributed by atoms with Crippen molar-refractivity contribution in [1.82, 2.24) is 15.6 Å². The third-order valence-corrected chi connectivity index (χ3v) is 8.99. The summed E-state index contributed by atoms with van der Waals surface area (Å²) >= 11 is 1.68. The molecule has 0 spiro atoms. The summed E-state index contributed by atoms with van der Waals surface area (Å²) in [5, 5.41) is 16.4. The van der Waals surface area contributed by atoms with Crippen molar-refractivity contribution in [3.63, 3.8) is 0 Å². The SMILES string of the molecule is O=C(NCc1ccccc1)NCc1ccccc1-c1ccc([C@@H]2O[C@H](CSc3ccccn3)C[C@H](c3ccc(CO)cc3)O2)cc1. The number of pyridine rings is 1. The number of thioether (sulfide) groups is 1. The van der Waals surface area contributed by atoms with Gasteiger partial charge in [-0.25, -0.2) is 9.78 Å². The van der Waals surface area contributed by atoms with Gasteiger partial charge < -0.3 is 25.2 Å². The van der Waals surface area contributed by atoms with E-state index in [4.69, 9.17) is 9.47 Å². The topological polar surface area (TPSA) is 92.7 Å². The molecule has 8 heteroatoms. The second-order valence-electron chi connectivity index (χ2n) is 11.1. The van der Waals surface area contributed by atoms with Gasteiger partial charge in [-0.05, 0) is 45.5 Å². The second-order valence-corrected chi connectivity index (χ2v) is 12.2. The van der Waals surface area contributed by atoms with Gasteiger partial charge in [0.15, 0.2) is 6.29 Å². The second kappa shape index (κ2) is 15.7. The molecule has 4 aromatic carbocycles. The van der Waals surface area contributed by atoms with E-state index in [-0.39, 0.29) is 24.8 Å². The fourth-order valence-corrected chi connectivity index (χ4v) is 6.31. The molecular formula is C38H37N3O4S. The molecule has 1 aliphatic rings. The van der Waals surface area contributed by atoms with Crippen LogP contribution in [0.5, 0.6) is 0 Å². The molecule has 2 heterocycles. The zero-order valence-electron chi connectivity index (χ0n) is 25.4. The number of ether oxygens (including phenoxy) is 2. The Balaban J connectivity index is 1.14. The molecule has 1 saturated heterocycles. The van der Waals surface area contributed by atoms with E-state index in [1.54, 1.807) is 18.0 Å². The number of nitrogens with zero attached hydrogens (tertiary/aromatic N) is 1. The highest BCUT2D eigenvalue weighted by Gasteiger charge is 2.32. The van der Waals surface area contributed by atoms with E-state index >= 15 is 0 Å². The number of hydrogen-bond acceptors (Lipinski definition) is 6. The lowest BCUT2D eigenvalue weighted by Crippen LogP contribution is -2.34. The maximum atomic E-state index is 12.5. The van der Waals surface area contributed by atoms with Crippen LogP contribution in [0.25, 0.3) is 11.1 Å². The van der Waals surface area contributed by atoms with Crippen LogP contribution in [0.1, 0.15) is 46.6 Å². The average Bonchev–Trinajstić information content (AvgIpc) is 3.13. The highest BCUT2D eigenvalue weighted by molar-refractivity contribution is 7.99. The van der Waals surface area contributed by atoms with Crippen LogP contribution in [0, 0.1) is 0 Å². The molecule has 5 aromatic rings. The first-order valence-electron chi connectivity index (χ1n) is 15.4. The normalized spacial score (nSPS) is 17.7. The summed E-state index contributed by atoms with van der Waals surface area (Å²) in [6.07, 6.45) is 1.78. The van der Waals surface area contributed by atoms with Crippen molar-refractivity contribution >= 4 is 17.8 Å². The molecule has 3 atom stereocenters. The number of nitrogens with one attached hydrogen (secondary N) is 2. The Labute approximate surface area is 274 Å². The van der Waals surface area contributed by atoms with Crippen molar-refractivity contribution in [1.29, 1.82) is 0 Å². The summed E-state index contributed by atoms with van der Waals surface area (Å²) in [6.45, 7) is 0.881. The molecule has 234 valence electrons. The number of aliphatic hydroxyl groups is 1. The highest BCUT2D eigenvalue weighted by atomic mass is 32.2. The molecule has 1 fully saturated rings. The molecular weight excluding hydrogens is 595 g/mol. The minimum Gasteiger partial charge on any atom is -0.392 e. The number of carbonyl (C=O) groups is 1. The van der Waals surface area contributed by atoms with E-state index in [2.05, 4.69) is 45.9 Å². The van der Waals surface area contributed by atoms with Crippen LogP contribution in [0.2, 0.25) is 0 Å². The fraction of sp³-hybridized carbons (Fsp3) is 0.211. The quantitative estimate of drug-likeness (QED) is 0.130. The number of rotatable bonds is 11. The van der Waals surface area contributed by atoms with E-state index in [9.17, 15) is 9.90 Å². The zero-order chi connectivity index (χ0) is 31.6. The van der Waals surface area contributed by atoms with Gasteiger partial charge in [-0.3, -0.25) is 0 Å². The van der Waals surface area contributed by atoms with Crippen molar-refractivity contribution < 1.29 is 19.4 Å². The molecule has 46 heavy (non-hydrogen) atoms. The van der Waals surface area contributed by atoms with Crippen molar-refractivity contribution in [2.24, 2.45) is 0 Å². The molecule has 6 rings (SSSR count). The van der Waals surface area contributed by atoms with Gasteiger partial charge in [0.1, 0.15) is 0 Å². The molecule has 1 aromatic heterocycles. The number of aromatic nitrogens is 1. The molecule has 7 nitrogen and oxygen atoms in total. The Morgan fingerprint density at radius 1 is 0.761 bits per heavy atom. The largest absolute Gasteiger partial charge is 0.392 e. The lowest BCUT2D eigenvalue weighted by molar-refractivity contribution is -0.245. The van der Waals surface area contributed by atoms with Crippen LogP contribution in [0.15, 0.2) is 133 Å². The van der Waals surface area contributed by atoms with E-state index in [1.807, 2.05) is 91.0 Å². The fourth-order valence-electron chi connectivity index (χ4n) is 5.43. The molecule has 0 saturated carbocycles. The molecule has 0 bridgehead atoms. The van der Waals surface area contributed by atoms with Crippen molar-refractivity contribution in [2.75, 3.05) is 5.75 Å². The summed E-state index contributed by atoms with van der Waals surface area (Å²) in [6, 6.07) is 39.8. The number of hydrogen-bond donors (Lipinski definition) is 3. The maximum Gasteiger partial charge on any atom is 0.315 e. The van der Waals surface area contributed by atoms with Crippen LogP contribution >= 0.6 is 11.8 Å². The van der Waals surface area contributed by atoms with E-state index in [0.717, 1.165) is 49.7 Å². The number of aliphatic hydroxyl groups excluding tert-OH is 1. The van der Waals surface area contributed by atoms with Gasteiger partial charge in [-0.1, -0.05) is 109 Å². The lowest BCUT2D eigenvalue weighted by atomic mass is 9.98. The summed E-state index contributed by atoms with van der Waals surface area (Å²) in [5.74, 6) is 0.749. The molecule has 0 aliphatic carbocycles. The molecule has 0 unspecified atom stereocenters. The van der Waals surface area contributed by atoms with Crippen molar-refractivity contribution in [3.8, 4) is 11.1 Å². The molecule has 3 N–H and O–H groups in total. The Bertz CT molecular complexity index is 1690. The van der Waals surface area contributed by atoms with Crippen LogP contribution in [0.3, 0.4) is 0 Å². The number of amides is 2. The minimum atomic E-state index is -0.537. The van der Waals surface area contributed by atoms with Crippen LogP contribution < -0.4 is 10.6 Å². The monoisotopic (exact) mass is 631 g/mol. The number of benzene rings is 4. The van der Waals surface area contributed by atoms with Crippen LogP contribution in [-0.4, -0.2) is 28.0 Å². The van der Waals surface area contributed by atoms with E-state index in [0.29, 0.717) is 19.5 Å². The Morgan fingerprint density at radius 2 is 1.48 bits per heavy atom. The maximum absolute atomic E-state index is 12.5. The summed E-state index contributed by atoms with van der Waals surface area (Å²) in [4.78, 5) is 17.0. The van der Waals surface area contributed by atoms with Crippen LogP contribution in [-0.2, 0) is 29.2 Å². The Hall–Kier alpha value is -4.47. The van der Waals surface area contributed by atoms with Crippen molar-refractivity contribution in [3.05, 3.63) is 155 Å². The van der Waals surface area contributed by atoms with Gasteiger partial charge in [0.05, 0.1) is 23.8 Å². The first-order valence-corrected chi connectivity index (χ1v) is 16.4. The Morgan fingerprint density at radius 3 is 2.24 bits per heavy atom. The third-order valence-electron chi connectivity index (χ3n) is 7.92.